The quantitative estimate of drug-likeness (QED) is 0.692. The first-order chi connectivity index (χ1) is 13.4. The lowest BCUT2D eigenvalue weighted by atomic mass is 10.0. The molecular formula is C20H24N2O6S. The largest absolute Gasteiger partial charge is 0.495 e. The number of ether oxygens (including phenoxy) is 2. The summed E-state index contributed by atoms with van der Waals surface area (Å²) in [7, 11) is -2.83. The molecule has 0 heterocycles. The average Bonchev–Trinajstić information content (AvgIpc) is 2.62. The number of hydrogen-bond donors (Lipinski definition) is 2. The Hall–Kier alpha value is -2.91. The molecule has 0 aliphatic heterocycles. The number of aryl methyl sites for hydroxylation is 3. The topological polar surface area (TPSA) is 125 Å². The molecule has 0 fully saturated rings. The number of rotatable bonds is 6. The number of primary sulfonamides is 1. The van der Waals surface area contributed by atoms with E-state index in [0.29, 0.717) is 5.69 Å². The second-order valence-electron chi connectivity index (χ2n) is 6.72. The van der Waals surface area contributed by atoms with Gasteiger partial charge in [0, 0.05) is 5.69 Å². The van der Waals surface area contributed by atoms with Crippen LogP contribution in [-0.4, -0.2) is 33.5 Å². The molecule has 0 bridgehead atoms. The number of nitrogens with two attached hydrogens (primary N) is 1. The molecule has 0 saturated heterocycles. The molecule has 1 unspecified atom stereocenters. The van der Waals surface area contributed by atoms with Crippen molar-refractivity contribution in [1.29, 1.82) is 0 Å². The number of carbonyl (C=O) groups is 2. The van der Waals surface area contributed by atoms with Gasteiger partial charge >= 0.3 is 5.97 Å². The Morgan fingerprint density at radius 3 is 2.17 bits per heavy atom. The summed E-state index contributed by atoms with van der Waals surface area (Å²) < 4.78 is 33.5. The third-order valence-corrected chi connectivity index (χ3v) is 5.22. The van der Waals surface area contributed by atoms with Crippen LogP contribution in [0.25, 0.3) is 0 Å². The van der Waals surface area contributed by atoms with Gasteiger partial charge in [0.15, 0.2) is 6.10 Å². The summed E-state index contributed by atoms with van der Waals surface area (Å²) in [6.45, 7) is 7.13. The number of benzene rings is 2. The van der Waals surface area contributed by atoms with E-state index in [1.54, 1.807) is 0 Å². The molecule has 0 aliphatic rings. The number of carbonyl (C=O) groups excluding carboxylic acids is 2. The molecule has 1 atom stereocenters. The van der Waals surface area contributed by atoms with Crippen molar-refractivity contribution >= 4 is 27.6 Å². The number of sulfonamides is 1. The molecule has 0 spiro atoms. The highest BCUT2D eigenvalue weighted by Gasteiger charge is 2.23. The van der Waals surface area contributed by atoms with Crippen LogP contribution in [0.2, 0.25) is 0 Å². The molecular weight excluding hydrogens is 396 g/mol. The number of hydrogen-bond acceptors (Lipinski definition) is 6. The highest BCUT2D eigenvalue weighted by molar-refractivity contribution is 7.89. The van der Waals surface area contributed by atoms with Gasteiger partial charge < -0.3 is 14.8 Å². The number of anilines is 1. The van der Waals surface area contributed by atoms with Crippen LogP contribution in [0.15, 0.2) is 35.2 Å². The Morgan fingerprint density at radius 2 is 1.66 bits per heavy atom. The summed E-state index contributed by atoms with van der Waals surface area (Å²) in [5, 5.41) is 7.92. The van der Waals surface area contributed by atoms with Crippen molar-refractivity contribution in [2.75, 3.05) is 12.4 Å². The van der Waals surface area contributed by atoms with Gasteiger partial charge in [0.2, 0.25) is 10.0 Å². The molecule has 8 nitrogen and oxygen atoms in total. The van der Waals surface area contributed by atoms with Gasteiger partial charge in [-0.25, -0.2) is 18.4 Å². The van der Waals surface area contributed by atoms with Crippen molar-refractivity contribution in [1.82, 2.24) is 0 Å². The first kappa shape index (κ1) is 22.4. The highest BCUT2D eigenvalue weighted by atomic mass is 32.2. The van der Waals surface area contributed by atoms with E-state index in [0.717, 1.165) is 22.8 Å². The van der Waals surface area contributed by atoms with Crippen molar-refractivity contribution < 1.29 is 27.5 Å². The van der Waals surface area contributed by atoms with Crippen LogP contribution in [0.3, 0.4) is 0 Å². The predicted molar refractivity (Wildman–Crippen MR) is 109 cm³/mol. The summed E-state index contributed by atoms with van der Waals surface area (Å²) in [6, 6.07) is 7.54. The molecule has 0 aliphatic carbocycles. The van der Waals surface area contributed by atoms with Gasteiger partial charge in [-0.15, -0.1) is 0 Å². The van der Waals surface area contributed by atoms with Gasteiger partial charge in [0.05, 0.1) is 12.7 Å². The first-order valence-corrected chi connectivity index (χ1v) is 10.3. The Labute approximate surface area is 170 Å². The zero-order valence-electron chi connectivity index (χ0n) is 16.9. The van der Waals surface area contributed by atoms with E-state index < -0.39 is 28.0 Å². The lowest BCUT2D eigenvalue weighted by Gasteiger charge is -2.17. The van der Waals surface area contributed by atoms with Crippen LogP contribution in [0.1, 0.15) is 34.0 Å². The van der Waals surface area contributed by atoms with Gasteiger partial charge in [-0.2, -0.15) is 0 Å². The Balaban J connectivity index is 2.18. The second-order valence-corrected chi connectivity index (χ2v) is 8.25. The van der Waals surface area contributed by atoms with Crippen molar-refractivity contribution in [3.63, 3.8) is 0 Å². The standard InChI is InChI=1S/C20H24N2O6S/c1-11-8-12(2)18(13(3)9-11)22-19(23)14(4)28-20(24)15-6-7-16(27-5)17(10-15)29(21,25)26/h6-10,14H,1-5H3,(H,22,23)(H2,21,25,26). The molecule has 3 N–H and O–H groups in total. The monoisotopic (exact) mass is 420 g/mol. The summed E-state index contributed by atoms with van der Waals surface area (Å²) >= 11 is 0. The minimum atomic E-state index is -4.11. The van der Waals surface area contributed by atoms with E-state index in [4.69, 9.17) is 14.6 Å². The maximum atomic E-state index is 12.5. The van der Waals surface area contributed by atoms with Crippen molar-refractivity contribution in [3.8, 4) is 5.75 Å². The Bertz CT molecular complexity index is 1040. The number of amides is 1. The summed E-state index contributed by atoms with van der Waals surface area (Å²) in [6.07, 6.45) is -1.11. The average molecular weight is 420 g/mol. The van der Waals surface area contributed by atoms with E-state index in [-0.39, 0.29) is 16.2 Å². The minimum Gasteiger partial charge on any atom is -0.495 e. The van der Waals surface area contributed by atoms with Crippen LogP contribution in [0.4, 0.5) is 5.69 Å². The Morgan fingerprint density at radius 1 is 1.07 bits per heavy atom. The molecule has 0 aromatic heterocycles. The van der Waals surface area contributed by atoms with E-state index in [2.05, 4.69) is 5.32 Å². The van der Waals surface area contributed by atoms with E-state index in [9.17, 15) is 18.0 Å². The van der Waals surface area contributed by atoms with Gasteiger partial charge in [0.1, 0.15) is 10.6 Å². The molecule has 0 radical (unpaired) electrons. The molecule has 1 amide bonds. The predicted octanol–water partition coefficient (Wildman–Crippen LogP) is 2.45. The van der Waals surface area contributed by atoms with Crippen LogP contribution in [0, 0.1) is 20.8 Å². The molecule has 2 aromatic carbocycles. The van der Waals surface area contributed by atoms with E-state index in [1.165, 1.54) is 26.2 Å². The number of esters is 1. The van der Waals surface area contributed by atoms with Crippen LogP contribution in [-0.2, 0) is 19.6 Å². The van der Waals surface area contributed by atoms with Crippen molar-refractivity contribution in [2.45, 2.75) is 38.7 Å². The zero-order chi connectivity index (χ0) is 21.9. The third kappa shape index (κ3) is 5.33. The maximum absolute atomic E-state index is 12.5. The fourth-order valence-electron chi connectivity index (χ4n) is 2.91. The maximum Gasteiger partial charge on any atom is 0.338 e. The lowest BCUT2D eigenvalue weighted by Crippen LogP contribution is -2.30. The van der Waals surface area contributed by atoms with Crippen molar-refractivity contribution in [3.05, 3.63) is 52.6 Å². The fraction of sp³-hybridized carbons (Fsp3) is 0.300. The molecule has 156 valence electrons. The SMILES string of the molecule is COc1ccc(C(=O)OC(C)C(=O)Nc2c(C)cc(C)cc2C)cc1S(N)(=O)=O. The summed E-state index contributed by atoms with van der Waals surface area (Å²) in [4.78, 5) is 24.5. The minimum absolute atomic E-state index is 0.000151. The van der Waals surface area contributed by atoms with Crippen LogP contribution < -0.4 is 15.2 Å². The first-order valence-electron chi connectivity index (χ1n) is 8.74. The molecule has 9 heteroatoms. The van der Waals surface area contributed by atoms with Crippen molar-refractivity contribution in [2.24, 2.45) is 5.14 Å². The highest BCUT2D eigenvalue weighted by Crippen LogP contribution is 2.25. The lowest BCUT2D eigenvalue weighted by molar-refractivity contribution is -0.123. The van der Waals surface area contributed by atoms with Crippen LogP contribution >= 0.6 is 0 Å². The molecule has 0 saturated carbocycles. The molecule has 2 rings (SSSR count). The van der Waals surface area contributed by atoms with Gasteiger partial charge in [-0.05, 0) is 57.0 Å². The fourth-order valence-corrected chi connectivity index (χ4v) is 3.63. The van der Waals surface area contributed by atoms with Gasteiger partial charge in [-0.3, -0.25) is 4.79 Å². The second kappa shape index (κ2) is 8.62. The Kier molecular flexibility index (Phi) is 6.66. The third-order valence-electron chi connectivity index (χ3n) is 4.28. The van der Waals surface area contributed by atoms with Gasteiger partial charge in [0.25, 0.3) is 5.91 Å². The molecule has 2 aromatic rings. The van der Waals surface area contributed by atoms with Crippen LogP contribution in [0.5, 0.6) is 5.75 Å². The number of nitrogens with one attached hydrogen (secondary N) is 1. The number of methoxy groups -OCH3 is 1. The van der Waals surface area contributed by atoms with E-state index in [1.807, 2.05) is 32.9 Å². The summed E-state index contributed by atoms with van der Waals surface area (Å²) in [5.74, 6) is -1.37. The molecule has 29 heavy (non-hydrogen) atoms. The van der Waals surface area contributed by atoms with E-state index >= 15 is 0 Å². The smallest absolute Gasteiger partial charge is 0.338 e. The zero-order valence-corrected chi connectivity index (χ0v) is 17.7. The summed E-state index contributed by atoms with van der Waals surface area (Å²) in [5.41, 5.74) is 3.44. The normalized spacial score (nSPS) is 12.2. The van der Waals surface area contributed by atoms with Gasteiger partial charge in [-0.1, -0.05) is 17.7 Å².